The number of alkyl carbamates (subject to hydrolysis) is 1. The maximum absolute atomic E-state index is 14.3. The molecule has 0 aliphatic heterocycles. The van der Waals surface area contributed by atoms with Gasteiger partial charge in [-0.05, 0) is 96.2 Å². The van der Waals surface area contributed by atoms with Crippen LogP contribution in [-0.2, 0) is 20.7 Å². The van der Waals surface area contributed by atoms with Crippen molar-refractivity contribution < 1.29 is 24.2 Å². The fraction of sp³-hybridized carbons (Fsp3) is 0.516. The fourth-order valence-electron chi connectivity index (χ4n) is 4.45. The highest BCUT2D eigenvalue weighted by atomic mass is 16.6. The number of carbonyl (C=O) groups excluding carboxylic acids is 3. The number of carbonyl (C=O) groups is 3. The van der Waals surface area contributed by atoms with E-state index in [1.807, 2.05) is 59.7 Å². The second-order valence-corrected chi connectivity index (χ2v) is 12.0. The highest BCUT2D eigenvalue weighted by molar-refractivity contribution is 5.93. The van der Waals surface area contributed by atoms with Gasteiger partial charge in [-0.15, -0.1) is 0 Å². The number of hydrogen-bond donors (Lipinski definition) is 3. The molecule has 0 aromatic heterocycles. The van der Waals surface area contributed by atoms with Crippen LogP contribution in [0.1, 0.15) is 83.2 Å². The molecule has 2 rings (SSSR count). The van der Waals surface area contributed by atoms with Gasteiger partial charge in [-0.1, -0.05) is 37.3 Å². The van der Waals surface area contributed by atoms with Gasteiger partial charge in [0.2, 0.25) is 11.8 Å². The van der Waals surface area contributed by atoms with Crippen molar-refractivity contribution in [2.75, 3.05) is 6.54 Å². The number of nitrogens with one attached hydrogen (secondary N) is 2. The molecule has 2 aromatic rings. The summed E-state index contributed by atoms with van der Waals surface area (Å²) in [5, 5.41) is 15.5. The molecule has 8 heteroatoms. The zero-order chi connectivity index (χ0) is 29.5. The second-order valence-electron chi connectivity index (χ2n) is 12.0. The average Bonchev–Trinajstić information content (AvgIpc) is 2.78. The monoisotopic (exact) mass is 539 g/mol. The van der Waals surface area contributed by atoms with E-state index < -0.39 is 35.2 Å². The van der Waals surface area contributed by atoms with Crippen LogP contribution in [0.4, 0.5) is 4.79 Å². The maximum Gasteiger partial charge on any atom is 0.408 e. The van der Waals surface area contributed by atoms with E-state index in [2.05, 4.69) is 10.6 Å². The number of aromatic hydroxyl groups is 1. The van der Waals surface area contributed by atoms with Crippen LogP contribution in [0, 0.1) is 13.8 Å². The number of ether oxygens (including phenoxy) is 1. The van der Waals surface area contributed by atoms with E-state index in [1.54, 1.807) is 37.8 Å². The zero-order valence-electron chi connectivity index (χ0n) is 24.8. The van der Waals surface area contributed by atoms with Crippen molar-refractivity contribution in [3.05, 3.63) is 64.7 Å². The summed E-state index contributed by atoms with van der Waals surface area (Å²) in [6.45, 7) is 17.1. The van der Waals surface area contributed by atoms with Gasteiger partial charge in [0, 0.05) is 18.5 Å². The van der Waals surface area contributed by atoms with Gasteiger partial charge in [-0.2, -0.15) is 0 Å². The van der Waals surface area contributed by atoms with Crippen LogP contribution < -0.4 is 10.6 Å². The maximum atomic E-state index is 14.3. The number of phenolic OH excluding ortho intramolecular Hbond substituents is 1. The summed E-state index contributed by atoms with van der Waals surface area (Å²) >= 11 is 0. The van der Waals surface area contributed by atoms with Crippen LogP contribution in [0.3, 0.4) is 0 Å². The predicted molar refractivity (Wildman–Crippen MR) is 154 cm³/mol. The van der Waals surface area contributed by atoms with Crippen LogP contribution in [0.15, 0.2) is 42.5 Å². The van der Waals surface area contributed by atoms with Crippen LogP contribution in [-0.4, -0.2) is 51.6 Å². The molecule has 0 aliphatic carbocycles. The van der Waals surface area contributed by atoms with E-state index in [0.29, 0.717) is 13.0 Å². The molecule has 2 unspecified atom stereocenters. The van der Waals surface area contributed by atoms with Crippen molar-refractivity contribution >= 4 is 17.9 Å². The summed E-state index contributed by atoms with van der Waals surface area (Å²) in [7, 11) is 0. The van der Waals surface area contributed by atoms with E-state index in [1.165, 1.54) is 12.1 Å². The van der Waals surface area contributed by atoms with Crippen molar-refractivity contribution in [3.63, 3.8) is 0 Å². The number of rotatable bonds is 9. The van der Waals surface area contributed by atoms with Crippen LogP contribution in [0.5, 0.6) is 5.75 Å². The SMILES string of the molecule is CCCN(C(=O)C(Cc1ccc(O)cc1)NC(=O)OC(C)(C)C)C(C(=O)NC(C)(C)C)c1c(C)cccc1C. The van der Waals surface area contributed by atoms with Gasteiger partial charge < -0.3 is 25.4 Å². The van der Waals surface area contributed by atoms with Gasteiger partial charge in [0.15, 0.2) is 0 Å². The predicted octanol–water partition coefficient (Wildman–Crippen LogP) is 5.34. The Morgan fingerprint density at radius 2 is 1.51 bits per heavy atom. The highest BCUT2D eigenvalue weighted by Gasteiger charge is 2.38. The molecule has 214 valence electrons. The molecule has 3 amide bonds. The first-order valence-electron chi connectivity index (χ1n) is 13.5. The van der Waals surface area contributed by atoms with E-state index in [-0.39, 0.29) is 18.1 Å². The molecule has 3 N–H and O–H groups in total. The average molecular weight is 540 g/mol. The lowest BCUT2D eigenvalue weighted by molar-refractivity contribution is -0.143. The van der Waals surface area contributed by atoms with E-state index >= 15 is 0 Å². The summed E-state index contributed by atoms with van der Waals surface area (Å²) in [5.74, 6) is -0.585. The minimum absolute atomic E-state index is 0.100. The Labute approximate surface area is 233 Å². The number of amides is 3. The first-order chi connectivity index (χ1) is 18.0. The van der Waals surface area contributed by atoms with Crippen molar-refractivity contribution in [2.45, 2.75) is 98.4 Å². The van der Waals surface area contributed by atoms with Crippen molar-refractivity contribution in [1.29, 1.82) is 0 Å². The Morgan fingerprint density at radius 1 is 0.949 bits per heavy atom. The lowest BCUT2D eigenvalue weighted by Gasteiger charge is -2.37. The molecule has 0 radical (unpaired) electrons. The lowest BCUT2D eigenvalue weighted by Crippen LogP contribution is -2.55. The summed E-state index contributed by atoms with van der Waals surface area (Å²) in [4.78, 5) is 42.6. The first kappa shape index (κ1) is 31.7. The number of aryl methyl sites for hydroxylation is 2. The highest BCUT2D eigenvalue weighted by Crippen LogP contribution is 2.30. The standard InChI is InChI=1S/C31H45N3O5/c1-10-18-34(26(27(36)33-30(4,5)6)25-20(2)12-11-13-21(25)3)28(37)24(32-29(38)39-31(7,8)9)19-22-14-16-23(35)17-15-22/h11-17,24,26,35H,10,18-19H2,1-9H3,(H,32,38)(H,33,36). The number of nitrogens with zero attached hydrogens (tertiary/aromatic N) is 1. The van der Waals surface area contributed by atoms with E-state index in [0.717, 1.165) is 22.3 Å². The van der Waals surface area contributed by atoms with Gasteiger partial charge in [0.1, 0.15) is 23.4 Å². The van der Waals surface area contributed by atoms with E-state index in [4.69, 9.17) is 4.74 Å². The Hall–Kier alpha value is -3.55. The van der Waals surface area contributed by atoms with Gasteiger partial charge in [0.25, 0.3) is 0 Å². The molecular formula is C31H45N3O5. The number of hydrogen-bond acceptors (Lipinski definition) is 5. The molecule has 2 aromatic carbocycles. The van der Waals surface area contributed by atoms with E-state index in [9.17, 15) is 19.5 Å². The first-order valence-corrected chi connectivity index (χ1v) is 13.5. The van der Waals surface area contributed by atoms with Crippen LogP contribution in [0.25, 0.3) is 0 Å². The Morgan fingerprint density at radius 3 is 2.00 bits per heavy atom. The van der Waals surface area contributed by atoms with Crippen LogP contribution in [0.2, 0.25) is 0 Å². The molecule has 0 spiro atoms. The molecule has 8 nitrogen and oxygen atoms in total. The van der Waals surface area contributed by atoms with Gasteiger partial charge in [0.05, 0.1) is 0 Å². The second kappa shape index (κ2) is 13.0. The molecule has 39 heavy (non-hydrogen) atoms. The van der Waals surface area contributed by atoms with Crippen LogP contribution >= 0.6 is 0 Å². The molecule has 0 saturated heterocycles. The Balaban J connectivity index is 2.61. The fourth-order valence-corrected chi connectivity index (χ4v) is 4.45. The third-order valence-corrected chi connectivity index (χ3v) is 5.99. The van der Waals surface area contributed by atoms with Crippen molar-refractivity contribution in [1.82, 2.24) is 15.5 Å². The lowest BCUT2D eigenvalue weighted by atomic mass is 9.92. The summed E-state index contributed by atoms with van der Waals surface area (Å²) in [6.07, 6.45) is 0.0339. The minimum atomic E-state index is -1.01. The summed E-state index contributed by atoms with van der Waals surface area (Å²) in [6, 6.07) is 10.3. The molecule has 0 bridgehead atoms. The number of benzene rings is 2. The van der Waals surface area contributed by atoms with Gasteiger partial charge >= 0.3 is 6.09 Å². The normalized spacial score (nSPS) is 13.3. The smallest absolute Gasteiger partial charge is 0.408 e. The quantitative estimate of drug-likeness (QED) is 0.399. The number of phenols is 1. The molecule has 0 fully saturated rings. The summed E-state index contributed by atoms with van der Waals surface area (Å²) in [5.41, 5.74) is 2.02. The molecule has 0 heterocycles. The molecule has 0 aliphatic rings. The zero-order valence-corrected chi connectivity index (χ0v) is 24.8. The van der Waals surface area contributed by atoms with Gasteiger partial charge in [-0.3, -0.25) is 9.59 Å². The van der Waals surface area contributed by atoms with Gasteiger partial charge in [-0.25, -0.2) is 4.79 Å². The Kier molecular flexibility index (Phi) is 10.6. The van der Waals surface area contributed by atoms with Crippen molar-refractivity contribution in [2.24, 2.45) is 0 Å². The third-order valence-electron chi connectivity index (χ3n) is 5.99. The largest absolute Gasteiger partial charge is 0.508 e. The summed E-state index contributed by atoms with van der Waals surface area (Å²) < 4.78 is 5.47. The van der Waals surface area contributed by atoms with Crippen molar-refractivity contribution in [3.8, 4) is 5.75 Å². The molecule has 0 saturated carbocycles. The minimum Gasteiger partial charge on any atom is -0.508 e. The molecule has 2 atom stereocenters. The Bertz CT molecular complexity index is 1130. The topological polar surface area (TPSA) is 108 Å². The molecular weight excluding hydrogens is 494 g/mol. The third kappa shape index (κ3) is 9.61.